The smallest absolute Gasteiger partial charge is 0.345 e. The summed E-state index contributed by atoms with van der Waals surface area (Å²) < 4.78 is 34.2. The van der Waals surface area contributed by atoms with Crippen molar-refractivity contribution in [1.82, 2.24) is 0 Å². The van der Waals surface area contributed by atoms with E-state index in [4.69, 9.17) is 28.1 Å². The Morgan fingerprint density at radius 1 is 1.26 bits per heavy atom. The summed E-state index contributed by atoms with van der Waals surface area (Å²) in [6, 6.07) is 1.65. The van der Waals surface area contributed by atoms with Crippen LogP contribution in [-0.4, -0.2) is 60.3 Å². The van der Waals surface area contributed by atoms with E-state index in [9.17, 15) is 19.2 Å². The van der Waals surface area contributed by atoms with Gasteiger partial charge >= 0.3 is 17.9 Å². The summed E-state index contributed by atoms with van der Waals surface area (Å²) >= 11 is 0. The van der Waals surface area contributed by atoms with Crippen LogP contribution in [0.2, 0.25) is 0 Å². The Bertz CT molecular complexity index is 1090. The number of epoxide rings is 2. The number of hydrogen-bond acceptors (Lipinski definition) is 10. The molecule has 5 heterocycles. The molecule has 0 N–H and O–H groups in total. The second-order valence-electron chi connectivity index (χ2n) is 9.61. The van der Waals surface area contributed by atoms with E-state index in [0.29, 0.717) is 35.4 Å². The highest BCUT2D eigenvalue weighted by Crippen LogP contribution is 2.59. The molecule has 0 aliphatic carbocycles. The van der Waals surface area contributed by atoms with E-state index in [1.54, 1.807) is 6.07 Å². The van der Waals surface area contributed by atoms with Gasteiger partial charge in [-0.05, 0) is 30.9 Å². The minimum Gasteiger partial charge on any atom is -0.462 e. The van der Waals surface area contributed by atoms with Gasteiger partial charge in [-0.3, -0.25) is 14.4 Å². The van der Waals surface area contributed by atoms with E-state index in [0.717, 1.165) is 0 Å². The molecule has 3 saturated heterocycles. The van der Waals surface area contributed by atoms with Gasteiger partial charge in [0.2, 0.25) is 5.60 Å². The summed E-state index contributed by atoms with van der Waals surface area (Å²) in [6.45, 7) is 8.39. The predicted octanol–water partition coefficient (Wildman–Crippen LogP) is 1.99. The fourth-order valence-corrected chi connectivity index (χ4v) is 5.22. The molecular formula is C24H26O10. The second-order valence-corrected chi connectivity index (χ2v) is 9.61. The number of hydrogen-bond donors (Lipinski definition) is 0. The Labute approximate surface area is 195 Å². The van der Waals surface area contributed by atoms with Gasteiger partial charge in [0.1, 0.15) is 48.1 Å². The maximum absolute atomic E-state index is 13.0. The maximum atomic E-state index is 13.0. The molecule has 34 heavy (non-hydrogen) atoms. The Morgan fingerprint density at radius 2 is 2.03 bits per heavy atom. The van der Waals surface area contributed by atoms with E-state index < -0.39 is 59.4 Å². The highest BCUT2D eigenvalue weighted by Gasteiger charge is 2.79. The lowest BCUT2D eigenvalue weighted by atomic mass is 9.83. The molecule has 3 fully saturated rings. The third-order valence-corrected chi connectivity index (χ3v) is 7.09. The quantitative estimate of drug-likeness (QED) is 0.205. The average molecular weight is 474 g/mol. The van der Waals surface area contributed by atoms with Crippen LogP contribution in [0.5, 0.6) is 0 Å². The number of carbonyl (C=O) groups excluding carboxylic acids is 4. The molecule has 182 valence electrons. The number of fused-ring (bicyclic) bond motifs is 4. The highest BCUT2D eigenvalue weighted by molar-refractivity contribution is 5.88. The average Bonchev–Trinajstić information content (AvgIpc) is 3.59. The summed E-state index contributed by atoms with van der Waals surface area (Å²) in [5.74, 6) is -1.19. The molecule has 0 spiro atoms. The van der Waals surface area contributed by atoms with Gasteiger partial charge in [-0.25, -0.2) is 4.79 Å². The molecule has 7 atom stereocenters. The third kappa shape index (κ3) is 3.65. The van der Waals surface area contributed by atoms with Crippen LogP contribution in [0.3, 0.4) is 0 Å². The zero-order valence-corrected chi connectivity index (χ0v) is 19.2. The van der Waals surface area contributed by atoms with Gasteiger partial charge in [-0.2, -0.15) is 0 Å². The molecule has 10 nitrogen and oxygen atoms in total. The van der Waals surface area contributed by atoms with Crippen molar-refractivity contribution >= 4 is 24.2 Å². The summed E-state index contributed by atoms with van der Waals surface area (Å²) in [6.07, 6.45) is -1.13. The molecule has 0 unspecified atom stereocenters. The summed E-state index contributed by atoms with van der Waals surface area (Å²) in [4.78, 5) is 48.1. The lowest BCUT2D eigenvalue weighted by Crippen LogP contribution is -2.42. The van der Waals surface area contributed by atoms with Crippen LogP contribution >= 0.6 is 0 Å². The monoisotopic (exact) mass is 474 g/mol. The molecule has 4 bridgehead atoms. The van der Waals surface area contributed by atoms with Crippen LogP contribution in [0, 0.1) is 5.92 Å². The molecule has 0 amide bonds. The normalized spacial score (nSPS) is 37.5. The zero-order valence-electron chi connectivity index (χ0n) is 19.2. The van der Waals surface area contributed by atoms with Crippen molar-refractivity contribution in [3.8, 4) is 0 Å². The molecule has 10 heteroatoms. The molecule has 0 saturated carbocycles. The predicted molar refractivity (Wildman–Crippen MR) is 112 cm³/mol. The van der Waals surface area contributed by atoms with Crippen LogP contribution in [0.4, 0.5) is 0 Å². The Kier molecular flexibility index (Phi) is 5.21. The Morgan fingerprint density at radius 3 is 2.68 bits per heavy atom. The van der Waals surface area contributed by atoms with Gasteiger partial charge in [0.25, 0.3) is 0 Å². The van der Waals surface area contributed by atoms with Crippen molar-refractivity contribution in [2.45, 2.75) is 75.7 Å². The first-order valence-corrected chi connectivity index (χ1v) is 11.2. The van der Waals surface area contributed by atoms with Crippen molar-refractivity contribution < 1.29 is 47.3 Å². The molecular weight excluding hydrogens is 448 g/mol. The molecule has 4 aliphatic heterocycles. The molecule has 4 aliphatic rings. The number of ether oxygens (including phenoxy) is 5. The number of rotatable bonds is 5. The number of esters is 3. The second kappa shape index (κ2) is 7.78. The minimum atomic E-state index is -1.41. The summed E-state index contributed by atoms with van der Waals surface area (Å²) in [5.41, 5.74) is -1.19. The van der Waals surface area contributed by atoms with Gasteiger partial charge in [-0.1, -0.05) is 6.58 Å². The van der Waals surface area contributed by atoms with Crippen molar-refractivity contribution in [1.29, 1.82) is 0 Å². The first-order valence-electron chi connectivity index (χ1n) is 11.2. The summed E-state index contributed by atoms with van der Waals surface area (Å²) in [5, 5.41) is 0. The standard InChI is InChI=1S/C24H26O10/c1-11(10-29-12(2)26)14-5-16-15(9-25)6-17(31-16)20-23(4,33-20)8-18-21-24(34-21,22(28)32-18)19(7-14)30-13(3)27/h6,9,14,18-21H,1,5,7-8,10H2,2-4H3/t14-,18-,19+,20+,21-,23+,24-/m0/s1. The van der Waals surface area contributed by atoms with Gasteiger partial charge in [0.15, 0.2) is 6.29 Å². The van der Waals surface area contributed by atoms with Gasteiger partial charge in [-0.15, -0.1) is 0 Å². The molecule has 1 aromatic heterocycles. The fraction of sp³-hybridized carbons (Fsp3) is 0.583. The number of aldehydes is 1. The zero-order chi connectivity index (χ0) is 24.4. The fourth-order valence-electron chi connectivity index (χ4n) is 5.22. The molecule has 0 radical (unpaired) electrons. The number of carbonyl (C=O) groups is 4. The molecule has 0 aromatic carbocycles. The van der Waals surface area contributed by atoms with Crippen molar-refractivity contribution in [3.63, 3.8) is 0 Å². The van der Waals surface area contributed by atoms with Crippen LogP contribution in [0.15, 0.2) is 22.6 Å². The van der Waals surface area contributed by atoms with Crippen molar-refractivity contribution in [2.75, 3.05) is 6.61 Å². The first kappa shape index (κ1) is 22.8. The first-order chi connectivity index (χ1) is 16.1. The topological polar surface area (TPSA) is 134 Å². The molecule has 5 rings (SSSR count). The largest absolute Gasteiger partial charge is 0.462 e. The van der Waals surface area contributed by atoms with E-state index in [1.807, 2.05) is 6.92 Å². The van der Waals surface area contributed by atoms with E-state index in [2.05, 4.69) is 6.58 Å². The van der Waals surface area contributed by atoms with E-state index in [-0.39, 0.29) is 19.4 Å². The Hall–Kier alpha value is -2.98. The number of furan rings is 1. The van der Waals surface area contributed by atoms with Crippen LogP contribution < -0.4 is 0 Å². The third-order valence-electron chi connectivity index (χ3n) is 7.09. The van der Waals surface area contributed by atoms with Crippen LogP contribution in [0.25, 0.3) is 0 Å². The van der Waals surface area contributed by atoms with Gasteiger partial charge in [0.05, 0.1) is 5.56 Å². The molecule has 1 aromatic rings. The highest BCUT2D eigenvalue weighted by atomic mass is 16.7. The van der Waals surface area contributed by atoms with Crippen LogP contribution in [0.1, 0.15) is 61.6 Å². The minimum absolute atomic E-state index is 0.0784. The van der Waals surface area contributed by atoms with E-state index in [1.165, 1.54) is 13.8 Å². The summed E-state index contributed by atoms with van der Waals surface area (Å²) in [7, 11) is 0. The van der Waals surface area contributed by atoms with Crippen molar-refractivity contribution in [3.05, 3.63) is 35.3 Å². The van der Waals surface area contributed by atoms with E-state index >= 15 is 0 Å². The van der Waals surface area contributed by atoms with Gasteiger partial charge in [0, 0.05) is 26.7 Å². The Balaban J connectivity index is 1.55. The van der Waals surface area contributed by atoms with Crippen molar-refractivity contribution in [2.24, 2.45) is 5.92 Å². The maximum Gasteiger partial charge on any atom is 0.345 e. The lowest BCUT2D eigenvalue weighted by Gasteiger charge is -2.26. The van der Waals surface area contributed by atoms with Gasteiger partial charge < -0.3 is 28.1 Å². The lowest BCUT2D eigenvalue weighted by molar-refractivity contribution is -0.165. The SMILES string of the molecule is C=C(COC(C)=O)[C@H]1Cc2oc(cc2C=O)[C@H]2O[C@]2(C)C[C@@H]2OC(=O)[C@]3(O[C@@H]23)[C@H](OC(C)=O)C1. The van der Waals surface area contributed by atoms with Crippen LogP contribution in [-0.2, 0) is 44.5 Å².